The smallest absolute Gasteiger partial charge is 0.251 e. The first-order valence-corrected chi connectivity index (χ1v) is 6.82. The van der Waals surface area contributed by atoms with Gasteiger partial charge in [0.15, 0.2) is 6.10 Å². The van der Waals surface area contributed by atoms with Gasteiger partial charge in [-0.3, -0.25) is 9.59 Å². The average Bonchev–Trinajstić information content (AvgIpc) is 2.43. The number of nitrogens with zero attached hydrogens (tertiary/aromatic N) is 1. The van der Waals surface area contributed by atoms with E-state index < -0.39 is 12.1 Å². The number of hydrogen-bond acceptors (Lipinski definition) is 3. The van der Waals surface area contributed by atoms with E-state index in [-0.39, 0.29) is 18.4 Å². The summed E-state index contributed by atoms with van der Waals surface area (Å²) in [4.78, 5) is 25.5. The maximum Gasteiger partial charge on any atom is 0.251 e. The number of nitrogens with one attached hydrogen (secondary N) is 1. The van der Waals surface area contributed by atoms with Crippen LogP contribution < -0.4 is 5.32 Å². The fourth-order valence-electron chi connectivity index (χ4n) is 2.26. The normalized spacial score (nSPS) is 22.8. The molecule has 0 aliphatic carbocycles. The molecule has 1 heterocycles. The maximum atomic E-state index is 12.1. The molecule has 1 aliphatic heterocycles. The molecule has 1 fully saturated rings. The summed E-state index contributed by atoms with van der Waals surface area (Å²) in [6.07, 6.45) is -0.709. The van der Waals surface area contributed by atoms with Crippen molar-refractivity contribution in [3.05, 3.63) is 34.9 Å². The highest BCUT2D eigenvalue weighted by atomic mass is 35.5. The zero-order chi connectivity index (χ0) is 14.7. The number of rotatable bonds is 3. The Labute approximate surface area is 122 Å². The molecular formula is C14H17ClN2O3. The summed E-state index contributed by atoms with van der Waals surface area (Å²) in [7, 11) is 1.68. The van der Waals surface area contributed by atoms with Crippen molar-refractivity contribution in [3.8, 4) is 0 Å². The molecule has 1 aromatic rings. The van der Waals surface area contributed by atoms with Crippen LogP contribution >= 0.6 is 11.6 Å². The van der Waals surface area contributed by atoms with E-state index in [4.69, 9.17) is 16.3 Å². The van der Waals surface area contributed by atoms with E-state index in [1.807, 2.05) is 6.92 Å². The molecule has 6 heteroatoms. The fourth-order valence-corrected chi connectivity index (χ4v) is 2.39. The minimum Gasteiger partial charge on any atom is -0.356 e. The van der Waals surface area contributed by atoms with Crippen LogP contribution in [0.2, 0.25) is 5.02 Å². The predicted molar refractivity (Wildman–Crippen MR) is 75.4 cm³/mol. The summed E-state index contributed by atoms with van der Waals surface area (Å²) in [5, 5.41) is 3.34. The quantitative estimate of drug-likeness (QED) is 0.916. The van der Waals surface area contributed by atoms with Crippen LogP contribution in [0, 0.1) is 0 Å². The molecule has 5 nitrogen and oxygen atoms in total. The molecule has 0 bridgehead atoms. The molecule has 0 aromatic heterocycles. The SMILES string of the molecule is CCNC(=O)[C@@H]1OCC(=O)N(C)[C@@H]1c1ccc(Cl)cc1. The highest BCUT2D eigenvalue weighted by Crippen LogP contribution is 2.29. The molecule has 2 atom stereocenters. The van der Waals surface area contributed by atoms with Crippen LogP contribution in [0.5, 0.6) is 0 Å². The van der Waals surface area contributed by atoms with Crippen molar-refractivity contribution < 1.29 is 14.3 Å². The topological polar surface area (TPSA) is 58.6 Å². The molecule has 2 amide bonds. The summed E-state index contributed by atoms with van der Waals surface area (Å²) >= 11 is 5.87. The van der Waals surface area contributed by atoms with Crippen molar-refractivity contribution in [2.75, 3.05) is 20.2 Å². The average molecular weight is 297 g/mol. The van der Waals surface area contributed by atoms with Gasteiger partial charge in [-0.05, 0) is 24.6 Å². The van der Waals surface area contributed by atoms with Crippen molar-refractivity contribution in [2.24, 2.45) is 0 Å². The number of amides is 2. The highest BCUT2D eigenvalue weighted by molar-refractivity contribution is 6.30. The Morgan fingerprint density at radius 3 is 2.70 bits per heavy atom. The minimum atomic E-state index is -0.709. The number of benzene rings is 1. The van der Waals surface area contributed by atoms with Crippen LogP contribution in [0.1, 0.15) is 18.5 Å². The van der Waals surface area contributed by atoms with E-state index in [9.17, 15) is 9.59 Å². The van der Waals surface area contributed by atoms with Crippen LogP contribution in [-0.2, 0) is 14.3 Å². The number of carbonyl (C=O) groups is 2. The lowest BCUT2D eigenvalue weighted by Crippen LogP contribution is -2.53. The van der Waals surface area contributed by atoms with Gasteiger partial charge in [0.25, 0.3) is 5.91 Å². The number of likely N-dealkylation sites (N-methyl/N-ethyl adjacent to an activating group) is 2. The van der Waals surface area contributed by atoms with Gasteiger partial charge >= 0.3 is 0 Å². The van der Waals surface area contributed by atoms with Crippen LogP contribution in [0.25, 0.3) is 0 Å². The maximum absolute atomic E-state index is 12.1. The summed E-state index contributed by atoms with van der Waals surface area (Å²) in [5.41, 5.74) is 0.821. The molecular weight excluding hydrogens is 280 g/mol. The Balaban J connectivity index is 2.32. The van der Waals surface area contributed by atoms with Crippen LogP contribution in [0.4, 0.5) is 0 Å². The number of halogens is 1. The largest absolute Gasteiger partial charge is 0.356 e. The molecule has 0 radical (unpaired) electrons. The molecule has 1 N–H and O–H groups in total. The molecule has 0 spiro atoms. The van der Waals surface area contributed by atoms with Crippen molar-refractivity contribution in [3.63, 3.8) is 0 Å². The van der Waals surface area contributed by atoms with Gasteiger partial charge in [-0.15, -0.1) is 0 Å². The Bertz CT molecular complexity index is 504. The first-order valence-electron chi connectivity index (χ1n) is 6.45. The third-order valence-electron chi connectivity index (χ3n) is 3.30. The van der Waals surface area contributed by atoms with Gasteiger partial charge in [0.1, 0.15) is 6.61 Å². The van der Waals surface area contributed by atoms with Crippen molar-refractivity contribution in [1.29, 1.82) is 0 Å². The lowest BCUT2D eigenvalue weighted by atomic mass is 9.97. The van der Waals surface area contributed by atoms with Gasteiger partial charge in [-0.1, -0.05) is 23.7 Å². The van der Waals surface area contributed by atoms with Gasteiger partial charge in [-0.25, -0.2) is 0 Å². The minimum absolute atomic E-state index is 0.0810. The molecule has 1 aliphatic rings. The molecule has 20 heavy (non-hydrogen) atoms. The molecule has 1 aromatic carbocycles. The van der Waals surface area contributed by atoms with Gasteiger partial charge < -0.3 is 15.0 Å². The van der Waals surface area contributed by atoms with E-state index in [0.717, 1.165) is 5.56 Å². The van der Waals surface area contributed by atoms with Gasteiger partial charge in [0.2, 0.25) is 5.91 Å². The number of ether oxygens (including phenoxy) is 1. The van der Waals surface area contributed by atoms with Crippen molar-refractivity contribution in [2.45, 2.75) is 19.1 Å². The van der Waals surface area contributed by atoms with E-state index in [1.165, 1.54) is 0 Å². The predicted octanol–water partition coefficient (Wildman–Crippen LogP) is 1.37. The van der Waals surface area contributed by atoms with Crippen LogP contribution in [-0.4, -0.2) is 43.0 Å². The Kier molecular flexibility index (Phi) is 4.62. The second-order valence-corrected chi connectivity index (χ2v) is 5.06. The van der Waals surface area contributed by atoms with Gasteiger partial charge in [-0.2, -0.15) is 0 Å². The van der Waals surface area contributed by atoms with Crippen molar-refractivity contribution in [1.82, 2.24) is 10.2 Å². The summed E-state index contributed by atoms with van der Waals surface area (Å²) < 4.78 is 5.44. The van der Waals surface area contributed by atoms with E-state index in [1.54, 1.807) is 36.2 Å². The second-order valence-electron chi connectivity index (χ2n) is 4.63. The van der Waals surface area contributed by atoms with Crippen LogP contribution in [0.3, 0.4) is 0 Å². The number of morpholine rings is 1. The first-order chi connectivity index (χ1) is 9.54. The first kappa shape index (κ1) is 14.8. The monoisotopic (exact) mass is 296 g/mol. The summed E-state index contributed by atoms with van der Waals surface area (Å²) in [5.74, 6) is -0.364. The third kappa shape index (κ3) is 2.94. The molecule has 0 unspecified atom stereocenters. The lowest BCUT2D eigenvalue weighted by Gasteiger charge is -2.38. The Morgan fingerprint density at radius 2 is 2.10 bits per heavy atom. The number of carbonyl (C=O) groups excluding carboxylic acids is 2. The molecule has 0 saturated carbocycles. The standard InChI is InChI=1S/C14H17ClN2O3/c1-3-16-14(19)13-12(17(2)11(18)8-20-13)9-4-6-10(15)7-5-9/h4-7,12-13H,3,8H2,1-2H3,(H,16,19)/t12-,13-/m1/s1. The number of hydrogen-bond donors (Lipinski definition) is 1. The van der Waals surface area contributed by atoms with Crippen LogP contribution in [0.15, 0.2) is 24.3 Å². The second kappa shape index (κ2) is 6.24. The fraction of sp³-hybridized carbons (Fsp3) is 0.429. The molecule has 2 rings (SSSR count). The third-order valence-corrected chi connectivity index (χ3v) is 3.56. The summed E-state index contributed by atoms with van der Waals surface area (Å²) in [6.45, 7) is 2.28. The molecule has 1 saturated heterocycles. The highest BCUT2D eigenvalue weighted by Gasteiger charge is 2.39. The van der Waals surface area contributed by atoms with Crippen molar-refractivity contribution >= 4 is 23.4 Å². The van der Waals surface area contributed by atoms with E-state index in [2.05, 4.69) is 5.32 Å². The van der Waals surface area contributed by atoms with Gasteiger partial charge in [0.05, 0.1) is 6.04 Å². The van der Waals surface area contributed by atoms with Gasteiger partial charge in [0, 0.05) is 18.6 Å². The Morgan fingerprint density at radius 1 is 1.45 bits per heavy atom. The Hall–Kier alpha value is -1.59. The molecule has 108 valence electrons. The summed E-state index contributed by atoms with van der Waals surface area (Å²) in [6, 6.07) is 6.63. The lowest BCUT2D eigenvalue weighted by molar-refractivity contribution is -0.162. The van der Waals surface area contributed by atoms with E-state index >= 15 is 0 Å². The zero-order valence-corrected chi connectivity index (χ0v) is 12.2. The van der Waals surface area contributed by atoms with E-state index in [0.29, 0.717) is 11.6 Å². The zero-order valence-electron chi connectivity index (χ0n) is 11.4.